The number of nitrogens with zero attached hydrogens (tertiary/aromatic N) is 2. The van der Waals surface area contributed by atoms with Gasteiger partial charge in [0.15, 0.2) is 0 Å². The summed E-state index contributed by atoms with van der Waals surface area (Å²) >= 11 is 3.62. The van der Waals surface area contributed by atoms with Gasteiger partial charge in [-0.1, -0.05) is 18.3 Å². The van der Waals surface area contributed by atoms with Crippen molar-refractivity contribution in [1.82, 2.24) is 10.2 Å². The van der Waals surface area contributed by atoms with Crippen LogP contribution in [0.3, 0.4) is 0 Å². The van der Waals surface area contributed by atoms with Crippen LogP contribution >= 0.6 is 22.7 Å². The Morgan fingerprint density at radius 3 is 2.79 bits per heavy atom. The Balaban J connectivity index is 1.70. The van der Waals surface area contributed by atoms with Crippen LogP contribution in [0.1, 0.15) is 59.0 Å². The molecule has 0 radical (unpaired) electrons. The van der Waals surface area contributed by atoms with Crippen molar-refractivity contribution in [2.75, 3.05) is 5.32 Å². The molecule has 3 nitrogen and oxygen atoms in total. The van der Waals surface area contributed by atoms with Crippen molar-refractivity contribution in [2.24, 2.45) is 0 Å². The predicted molar refractivity (Wildman–Crippen MR) is 82.4 cm³/mol. The maximum absolute atomic E-state index is 4.27. The van der Waals surface area contributed by atoms with E-state index in [2.05, 4.69) is 42.4 Å². The fraction of sp³-hybridized carbons (Fsp3) is 0.571. The number of aromatic nitrogens is 2. The third kappa shape index (κ3) is 2.82. The SMILES string of the molecule is CCc1sc(C(C)Nc2nnc(C3CC3)s2)cc1C. The van der Waals surface area contributed by atoms with Crippen LogP contribution in [-0.4, -0.2) is 10.2 Å². The van der Waals surface area contributed by atoms with E-state index in [9.17, 15) is 0 Å². The normalized spacial score (nSPS) is 16.6. The molecule has 2 heterocycles. The van der Waals surface area contributed by atoms with Crippen LogP contribution in [-0.2, 0) is 6.42 Å². The van der Waals surface area contributed by atoms with Crippen molar-refractivity contribution >= 4 is 27.8 Å². The summed E-state index contributed by atoms with van der Waals surface area (Å²) in [5.41, 5.74) is 1.41. The fourth-order valence-corrected chi connectivity index (χ4v) is 4.27. The predicted octanol–water partition coefficient (Wildman–Crippen LogP) is 4.52. The van der Waals surface area contributed by atoms with E-state index in [1.807, 2.05) is 11.3 Å². The van der Waals surface area contributed by atoms with E-state index in [0.29, 0.717) is 12.0 Å². The van der Waals surface area contributed by atoms with Gasteiger partial charge >= 0.3 is 0 Å². The lowest BCUT2D eigenvalue weighted by Gasteiger charge is -2.09. The summed E-state index contributed by atoms with van der Waals surface area (Å²) in [6.45, 7) is 6.61. The molecule has 0 aliphatic heterocycles. The molecular weight excluding hydrogens is 274 g/mol. The molecule has 2 aromatic rings. The number of thiophene rings is 1. The minimum absolute atomic E-state index is 0.309. The van der Waals surface area contributed by atoms with Gasteiger partial charge in [0.25, 0.3) is 0 Å². The summed E-state index contributed by atoms with van der Waals surface area (Å²) in [5, 5.41) is 14.2. The molecule has 19 heavy (non-hydrogen) atoms. The van der Waals surface area contributed by atoms with Gasteiger partial charge in [-0.3, -0.25) is 0 Å². The quantitative estimate of drug-likeness (QED) is 0.880. The highest BCUT2D eigenvalue weighted by molar-refractivity contribution is 7.15. The van der Waals surface area contributed by atoms with Crippen LogP contribution in [0, 0.1) is 6.92 Å². The molecule has 1 saturated carbocycles. The molecule has 1 N–H and O–H groups in total. The Kier molecular flexibility index (Phi) is 3.58. The minimum Gasteiger partial charge on any atom is -0.353 e. The van der Waals surface area contributed by atoms with Crippen molar-refractivity contribution in [2.45, 2.75) is 52.0 Å². The summed E-state index contributed by atoms with van der Waals surface area (Å²) in [7, 11) is 0. The lowest BCUT2D eigenvalue weighted by atomic mass is 10.2. The maximum atomic E-state index is 4.27. The number of aryl methyl sites for hydroxylation is 2. The molecule has 0 amide bonds. The number of nitrogens with one attached hydrogen (secondary N) is 1. The molecule has 0 spiro atoms. The monoisotopic (exact) mass is 293 g/mol. The van der Waals surface area contributed by atoms with Gasteiger partial charge in [0.1, 0.15) is 5.01 Å². The summed E-state index contributed by atoms with van der Waals surface area (Å²) in [5.74, 6) is 0.694. The lowest BCUT2D eigenvalue weighted by Crippen LogP contribution is -2.04. The largest absolute Gasteiger partial charge is 0.353 e. The smallest absolute Gasteiger partial charge is 0.206 e. The van der Waals surface area contributed by atoms with E-state index < -0.39 is 0 Å². The van der Waals surface area contributed by atoms with Gasteiger partial charge in [0.2, 0.25) is 5.13 Å². The summed E-state index contributed by atoms with van der Waals surface area (Å²) in [4.78, 5) is 2.87. The third-order valence-corrected chi connectivity index (χ3v) is 6.08. The number of hydrogen-bond donors (Lipinski definition) is 1. The molecule has 2 aromatic heterocycles. The molecule has 0 aromatic carbocycles. The highest BCUT2D eigenvalue weighted by Gasteiger charge is 2.27. The molecule has 0 saturated heterocycles. The average molecular weight is 293 g/mol. The van der Waals surface area contributed by atoms with E-state index >= 15 is 0 Å². The number of hydrogen-bond acceptors (Lipinski definition) is 5. The van der Waals surface area contributed by atoms with E-state index in [-0.39, 0.29) is 0 Å². The second-order valence-electron chi connectivity index (χ2n) is 5.19. The minimum atomic E-state index is 0.309. The fourth-order valence-electron chi connectivity index (χ4n) is 2.15. The second kappa shape index (κ2) is 5.21. The standard InChI is InChI=1S/C14H19N3S2/c1-4-11-8(2)7-12(18-11)9(3)15-14-17-16-13(19-14)10-5-6-10/h7,9-10H,4-6H2,1-3H3,(H,15,17). The van der Waals surface area contributed by atoms with Crippen molar-refractivity contribution in [3.05, 3.63) is 26.4 Å². The molecule has 5 heteroatoms. The first kappa shape index (κ1) is 13.1. The highest BCUT2D eigenvalue weighted by Crippen LogP contribution is 2.42. The van der Waals surface area contributed by atoms with E-state index in [1.54, 1.807) is 11.3 Å². The molecule has 1 unspecified atom stereocenters. The van der Waals surface area contributed by atoms with Gasteiger partial charge in [0.05, 0.1) is 6.04 Å². The summed E-state index contributed by atoms with van der Waals surface area (Å²) < 4.78 is 0. The van der Waals surface area contributed by atoms with Crippen LogP contribution < -0.4 is 5.32 Å². The lowest BCUT2D eigenvalue weighted by molar-refractivity contribution is 0.887. The number of rotatable bonds is 5. The summed E-state index contributed by atoms with van der Waals surface area (Å²) in [6, 6.07) is 2.60. The van der Waals surface area contributed by atoms with Gasteiger partial charge < -0.3 is 5.32 Å². The van der Waals surface area contributed by atoms with Gasteiger partial charge in [-0.15, -0.1) is 21.5 Å². The van der Waals surface area contributed by atoms with E-state index in [1.165, 1.54) is 33.2 Å². The highest BCUT2D eigenvalue weighted by atomic mass is 32.1. The van der Waals surface area contributed by atoms with Crippen molar-refractivity contribution in [1.29, 1.82) is 0 Å². The maximum Gasteiger partial charge on any atom is 0.206 e. The van der Waals surface area contributed by atoms with Gasteiger partial charge in [-0.2, -0.15) is 0 Å². The first-order chi connectivity index (χ1) is 9.17. The third-order valence-electron chi connectivity index (χ3n) is 3.49. The van der Waals surface area contributed by atoms with Gasteiger partial charge in [0, 0.05) is 15.7 Å². The molecule has 1 aliphatic rings. The molecule has 0 bridgehead atoms. The zero-order valence-electron chi connectivity index (χ0n) is 11.6. The summed E-state index contributed by atoms with van der Waals surface area (Å²) in [6.07, 6.45) is 3.69. The Bertz CT molecular complexity index is 569. The molecule has 1 aliphatic carbocycles. The van der Waals surface area contributed by atoms with Crippen LogP contribution in [0.15, 0.2) is 6.07 Å². The molecule has 102 valence electrons. The zero-order valence-corrected chi connectivity index (χ0v) is 13.2. The molecule has 1 fully saturated rings. The topological polar surface area (TPSA) is 37.8 Å². The molecular formula is C14H19N3S2. The van der Waals surface area contributed by atoms with E-state index in [4.69, 9.17) is 0 Å². The Morgan fingerprint density at radius 1 is 1.37 bits per heavy atom. The van der Waals surface area contributed by atoms with Gasteiger partial charge in [-0.05, 0) is 44.7 Å². The first-order valence-corrected chi connectivity index (χ1v) is 8.49. The van der Waals surface area contributed by atoms with Crippen LogP contribution in [0.25, 0.3) is 0 Å². The van der Waals surface area contributed by atoms with Gasteiger partial charge in [-0.25, -0.2) is 0 Å². The first-order valence-electron chi connectivity index (χ1n) is 6.86. The van der Waals surface area contributed by atoms with Crippen molar-refractivity contribution < 1.29 is 0 Å². The molecule has 3 rings (SSSR count). The number of anilines is 1. The van der Waals surface area contributed by atoms with Crippen LogP contribution in [0.4, 0.5) is 5.13 Å². The Hall–Kier alpha value is -0.940. The average Bonchev–Trinajstić information content (AvgIpc) is 3.03. The second-order valence-corrected chi connectivity index (χ2v) is 7.37. The van der Waals surface area contributed by atoms with Crippen molar-refractivity contribution in [3.63, 3.8) is 0 Å². The Morgan fingerprint density at radius 2 is 2.16 bits per heavy atom. The van der Waals surface area contributed by atoms with Crippen molar-refractivity contribution in [3.8, 4) is 0 Å². The zero-order chi connectivity index (χ0) is 13.4. The van der Waals surface area contributed by atoms with Crippen LogP contribution in [0.5, 0.6) is 0 Å². The van der Waals surface area contributed by atoms with E-state index in [0.717, 1.165) is 11.6 Å². The Labute approximate surface area is 122 Å². The van der Waals surface area contributed by atoms with Crippen LogP contribution in [0.2, 0.25) is 0 Å². The molecule has 1 atom stereocenters.